The maximum Gasteiger partial charge on any atom is 0.138 e. The molecule has 0 spiro atoms. The van der Waals surface area contributed by atoms with Gasteiger partial charge in [0.1, 0.15) is 5.78 Å². The van der Waals surface area contributed by atoms with E-state index in [9.17, 15) is 4.79 Å². The van der Waals surface area contributed by atoms with Crippen molar-refractivity contribution >= 4 is 5.78 Å². The molecular weight excluding hydrogens is 140 g/mol. The van der Waals surface area contributed by atoms with Crippen molar-refractivity contribution in [1.29, 1.82) is 0 Å². The van der Waals surface area contributed by atoms with Crippen molar-refractivity contribution in [3.8, 4) is 0 Å². The van der Waals surface area contributed by atoms with E-state index < -0.39 is 0 Å². The fourth-order valence-corrected chi connectivity index (χ4v) is 0.975. The molecule has 0 heterocycles. The summed E-state index contributed by atoms with van der Waals surface area (Å²) >= 11 is 0. The SMILES string of the molecule is COCC(C)(C(C)=O)C(C)C. The smallest absolute Gasteiger partial charge is 0.138 e. The summed E-state index contributed by atoms with van der Waals surface area (Å²) in [6, 6.07) is 0. The van der Waals surface area contributed by atoms with Crippen LogP contribution in [0.4, 0.5) is 0 Å². The van der Waals surface area contributed by atoms with Crippen LogP contribution in [0.1, 0.15) is 27.7 Å². The van der Waals surface area contributed by atoms with Crippen LogP contribution in [0.2, 0.25) is 0 Å². The molecule has 0 rings (SSSR count). The first kappa shape index (κ1) is 10.6. The van der Waals surface area contributed by atoms with Crippen LogP contribution in [0, 0.1) is 11.3 Å². The zero-order valence-corrected chi connectivity index (χ0v) is 8.10. The van der Waals surface area contributed by atoms with Gasteiger partial charge < -0.3 is 4.74 Å². The number of ketones is 1. The molecule has 2 nitrogen and oxygen atoms in total. The maximum atomic E-state index is 11.2. The van der Waals surface area contributed by atoms with Crippen LogP contribution in [0.3, 0.4) is 0 Å². The monoisotopic (exact) mass is 158 g/mol. The van der Waals surface area contributed by atoms with Crippen LogP contribution >= 0.6 is 0 Å². The molecule has 0 fully saturated rings. The van der Waals surface area contributed by atoms with Crippen molar-refractivity contribution in [2.45, 2.75) is 27.7 Å². The van der Waals surface area contributed by atoms with E-state index in [0.717, 1.165) is 0 Å². The van der Waals surface area contributed by atoms with Crippen molar-refractivity contribution in [3.05, 3.63) is 0 Å². The lowest BCUT2D eigenvalue weighted by Crippen LogP contribution is -2.35. The van der Waals surface area contributed by atoms with E-state index in [-0.39, 0.29) is 11.2 Å². The number of rotatable bonds is 4. The first-order chi connectivity index (χ1) is 4.95. The summed E-state index contributed by atoms with van der Waals surface area (Å²) in [5, 5.41) is 0. The predicted molar refractivity (Wildman–Crippen MR) is 45.5 cm³/mol. The summed E-state index contributed by atoms with van der Waals surface area (Å²) < 4.78 is 5.01. The van der Waals surface area contributed by atoms with Crippen LogP contribution in [-0.2, 0) is 9.53 Å². The molecule has 1 unspecified atom stereocenters. The molecule has 0 saturated heterocycles. The second kappa shape index (κ2) is 3.86. The van der Waals surface area contributed by atoms with Gasteiger partial charge in [0.05, 0.1) is 12.0 Å². The molecular formula is C9H18O2. The zero-order valence-electron chi connectivity index (χ0n) is 8.10. The standard InChI is InChI=1S/C9H18O2/c1-7(2)9(4,6-11-5)8(3)10/h7H,6H2,1-5H3. The second-order valence-electron chi connectivity index (χ2n) is 3.56. The Balaban J connectivity index is 4.38. The maximum absolute atomic E-state index is 11.2. The number of Topliss-reactive ketones (excluding diaryl/α,β-unsaturated/α-hetero) is 1. The van der Waals surface area contributed by atoms with Gasteiger partial charge in [-0.3, -0.25) is 4.79 Å². The van der Waals surface area contributed by atoms with Crippen LogP contribution in [0.5, 0.6) is 0 Å². The average Bonchev–Trinajstić information content (AvgIpc) is 1.87. The van der Waals surface area contributed by atoms with Crippen LogP contribution in [0.15, 0.2) is 0 Å². The minimum Gasteiger partial charge on any atom is -0.384 e. The minimum absolute atomic E-state index is 0.203. The van der Waals surface area contributed by atoms with Gasteiger partial charge in [-0.05, 0) is 12.8 Å². The molecule has 0 N–H and O–H groups in total. The Morgan fingerprint density at radius 3 is 2.09 bits per heavy atom. The Kier molecular flexibility index (Phi) is 3.73. The highest BCUT2D eigenvalue weighted by atomic mass is 16.5. The summed E-state index contributed by atoms with van der Waals surface area (Å²) in [7, 11) is 1.63. The molecule has 1 atom stereocenters. The van der Waals surface area contributed by atoms with Crippen LogP contribution < -0.4 is 0 Å². The summed E-state index contributed by atoms with van der Waals surface area (Å²) in [5.41, 5.74) is -0.311. The minimum atomic E-state index is -0.311. The van der Waals surface area contributed by atoms with Crippen molar-refractivity contribution in [2.75, 3.05) is 13.7 Å². The largest absolute Gasteiger partial charge is 0.384 e. The summed E-state index contributed by atoms with van der Waals surface area (Å²) in [5.74, 6) is 0.536. The predicted octanol–water partition coefficient (Wildman–Crippen LogP) is 1.88. The number of hydrogen-bond acceptors (Lipinski definition) is 2. The van der Waals surface area contributed by atoms with Crippen molar-refractivity contribution < 1.29 is 9.53 Å². The van der Waals surface area contributed by atoms with E-state index >= 15 is 0 Å². The van der Waals surface area contributed by atoms with Gasteiger partial charge in [0, 0.05) is 7.11 Å². The average molecular weight is 158 g/mol. The van der Waals surface area contributed by atoms with E-state index in [0.29, 0.717) is 12.5 Å². The van der Waals surface area contributed by atoms with Gasteiger partial charge in [0.25, 0.3) is 0 Å². The molecule has 0 radical (unpaired) electrons. The molecule has 0 amide bonds. The highest BCUT2D eigenvalue weighted by molar-refractivity contribution is 5.82. The van der Waals surface area contributed by atoms with E-state index in [2.05, 4.69) is 0 Å². The number of ether oxygens (including phenoxy) is 1. The summed E-state index contributed by atoms with van der Waals surface area (Å²) in [4.78, 5) is 11.2. The third kappa shape index (κ3) is 2.29. The Labute approximate surface area is 68.9 Å². The third-order valence-corrected chi connectivity index (χ3v) is 2.52. The number of methoxy groups -OCH3 is 1. The highest BCUT2D eigenvalue weighted by Crippen LogP contribution is 2.27. The Bertz CT molecular complexity index is 140. The lowest BCUT2D eigenvalue weighted by molar-refractivity contribution is -0.131. The lowest BCUT2D eigenvalue weighted by atomic mass is 9.77. The van der Waals surface area contributed by atoms with Gasteiger partial charge in [-0.1, -0.05) is 20.8 Å². The van der Waals surface area contributed by atoms with Crippen LogP contribution in [0.25, 0.3) is 0 Å². The molecule has 0 aliphatic carbocycles. The molecule has 0 aromatic heterocycles. The molecule has 0 bridgehead atoms. The Morgan fingerprint density at radius 1 is 1.55 bits per heavy atom. The Morgan fingerprint density at radius 2 is 2.00 bits per heavy atom. The molecule has 0 aromatic carbocycles. The summed E-state index contributed by atoms with van der Waals surface area (Å²) in [6.07, 6.45) is 0. The molecule has 0 saturated carbocycles. The normalized spacial score (nSPS) is 16.5. The van der Waals surface area contributed by atoms with Gasteiger partial charge in [0.15, 0.2) is 0 Å². The number of hydrogen-bond donors (Lipinski definition) is 0. The van der Waals surface area contributed by atoms with Crippen LogP contribution in [-0.4, -0.2) is 19.5 Å². The summed E-state index contributed by atoms with van der Waals surface area (Å²) in [6.45, 7) is 8.17. The number of carbonyl (C=O) groups is 1. The van der Waals surface area contributed by atoms with Crippen molar-refractivity contribution in [1.82, 2.24) is 0 Å². The first-order valence-electron chi connectivity index (χ1n) is 3.95. The fourth-order valence-electron chi connectivity index (χ4n) is 0.975. The zero-order chi connectivity index (χ0) is 9.07. The molecule has 11 heavy (non-hydrogen) atoms. The molecule has 0 aliphatic heterocycles. The van der Waals surface area contributed by atoms with E-state index in [1.54, 1.807) is 14.0 Å². The molecule has 2 heteroatoms. The number of carbonyl (C=O) groups excluding carboxylic acids is 1. The lowest BCUT2D eigenvalue weighted by Gasteiger charge is -2.29. The van der Waals surface area contributed by atoms with Crippen molar-refractivity contribution in [2.24, 2.45) is 11.3 Å². The quantitative estimate of drug-likeness (QED) is 0.624. The Hall–Kier alpha value is -0.370. The van der Waals surface area contributed by atoms with Gasteiger partial charge in [-0.25, -0.2) is 0 Å². The second-order valence-corrected chi connectivity index (χ2v) is 3.56. The molecule has 0 aliphatic rings. The fraction of sp³-hybridized carbons (Fsp3) is 0.889. The molecule has 0 aromatic rings. The van der Waals surface area contributed by atoms with Gasteiger partial charge >= 0.3 is 0 Å². The van der Waals surface area contributed by atoms with E-state index in [1.807, 2.05) is 20.8 Å². The topological polar surface area (TPSA) is 26.3 Å². The van der Waals surface area contributed by atoms with Gasteiger partial charge in [0.2, 0.25) is 0 Å². The van der Waals surface area contributed by atoms with E-state index in [4.69, 9.17) is 4.74 Å². The van der Waals surface area contributed by atoms with Gasteiger partial charge in [-0.2, -0.15) is 0 Å². The first-order valence-corrected chi connectivity index (χ1v) is 3.95. The highest BCUT2D eigenvalue weighted by Gasteiger charge is 2.33. The molecule has 66 valence electrons. The third-order valence-electron chi connectivity index (χ3n) is 2.52. The van der Waals surface area contributed by atoms with Crippen molar-refractivity contribution in [3.63, 3.8) is 0 Å². The van der Waals surface area contributed by atoms with E-state index in [1.165, 1.54) is 0 Å². The van der Waals surface area contributed by atoms with Gasteiger partial charge in [-0.15, -0.1) is 0 Å².